The maximum atomic E-state index is 9.10. The van der Waals surface area contributed by atoms with Gasteiger partial charge in [-0.25, -0.2) is 4.98 Å². The number of aryl methyl sites for hydroxylation is 1. The highest BCUT2D eigenvalue weighted by Gasteiger charge is 2.00. The molecule has 5 heteroatoms. The van der Waals surface area contributed by atoms with E-state index in [4.69, 9.17) is 5.11 Å². The van der Waals surface area contributed by atoms with Crippen molar-refractivity contribution >= 4 is 11.3 Å². The third-order valence-corrected chi connectivity index (χ3v) is 3.48. The lowest BCUT2D eigenvalue weighted by Gasteiger charge is -2.01. The second-order valence-corrected chi connectivity index (χ2v) is 4.88. The molecule has 17 heavy (non-hydrogen) atoms. The summed E-state index contributed by atoms with van der Waals surface area (Å²) < 4.78 is 0. The van der Waals surface area contributed by atoms with Crippen molar-refractivity contribution < 1.29 is 5.11 Å². The lowest BCUT2D eigenvalue weighted by Crippen LogP contribution is -2.13. The summed E-state index contributed by atoms with van der Waals surface area (Å²) in [6.45, 7) is 3.57. The Bertz CT molecular complexity index is 467. The molecule has 2 heterocycles. The second-order valence-electron chi connectivity index (χ2n) is 3.69. The number of thiazole rings is 1. The summed E-state index contributed by atoms with van der Waals surface area (Å²) in [5, 5.41) is 13.5. The van der Waals surface area contributed by atoms with Crippen LogP contribution in [0.15, 0.2) is 24.5 Å². The second kappa shape index (κ2) is 5.75. The summed E-state index contributed by atoms with van der Waals surface area (Å²) in [5.41, 5.74) is 0.912. The summed E-state index contributed by atoms with van der Waals surface area (Å²) in [6.07, 6.45) is 4.42. The van der Waals surface area contributed by atoms with E-state index in [9.17, 15) is 0 Å². The molecule has 0 fully saturated rings. The topological polar surface area (TPSA) is 58.0 Å². The summed E-state index contributed by atoms with van der Waals surface area (Å²) in [5.74, 6) is 0.196. The molecule has 2 aromatic rings. The average molecular weight is 249 g/mol. The lowest BCUT2D eigenvalue weighted by molar-refractivity contribution is 0.471. The van der Waals surface area contributed by atoms with Gasteiger partial charge < -0.3 is 10.4 Å². The number of rotatable bonds is 5. The van der Waals surface area contributed by atoms with E-state index in [1.165, 1.54) is 11.1 Å². The first-order valence-corrected chi connectivity index (χ1v) is 6.37. The fourth-order valence-electron chi connectivity index (χ4n) is 1.41. The van der Waals surface area contributed by atoms with E-state index in [0.29, 0.717) is 6.54 Å². The van der Waals surface area contributed by atoms with Gasteiger partial charge in [0.15, 0.2) is 0 Å². The van der Waals surface area contributed by atoms with Gasteiger partial charge in [0, 0.05) is 24.2 Å². The molecule has 4 nitrogen and oxygen atoms in total. The Balaban J connectivity index is 1.81. The van der Waals surface area contributed by atoms with Crippen molar-refractivity contribution in [3.05, 3.63) is 40.1 Å². The zero-order chi connectivity index (χ0) is 12.1. The molecular formula is C12H15N3OS. The van der Waals surface area contributed by atoms with Gasteiger partial charge in [-0.05, 0) is 18.6 Å². The lowest BCUT2D eigenvalue weighted by atomic mass is 10.3. The number of hydrogen-bond acceptors (Lipinski definition) is 5. The number of aromatic hydroxyl groups is 1. The third kappa shape index (κ3) is 3.51. The highest BCUT2D eigenvalue weighted by molar-refractivity contribution is 7.11. The highest BCUT2D eigenvalue weighted by Crippen LogP contribution is 2.13. The summed E-state index contributed by atoms with van der Waals surface area (Å²) in [6, 6.07) is 3.45. The molecule has 0 radical (unpaired) electrons. The minimum absolute atomic E-state index is 0.196. The van der Waals surface area contributed by atoms with Crippen LogP contribution in [-0.4, -0.2) is 15.1 Å². The van der Waals surface area contributed by atoms with Gasteiger partial charge in [-0.3, -0.25) is 4.98 Å². The molecule has 0 atom stereocenters. The summed E-state index contributed by atoms with van der Waals surface area (Å²) in [4.78, 5) is 9.74. The van der Waals surface area contributed by atoms with Crippen LogP contribution in [0.4, 0.5) is 0 Å². The number of nitrogens with zero attached hydrogens (tertiary/aromatic N) is 2. The van der Waals surface area contributed by atoms with Crippen molar-refractivity contribution in [3.63, 3.8) is 0 Å². The maximum Gasteiger partial charge on any atom is 0.133 e. The first-order valence-electron chi connectivity index (χ1n) is 5.56. The fraction of sp³-hybridized carbons (Fsp3) is 0.333. The molecule has 2 aromatic heterocycles. The van der Waals surface area contributed by atoms with Crippen molar-refractivity contribution in [2.24, 2.45) is 0 Å². The molecule has 0 aliphatic heterocycles. The predicted molar refractivity (Wildman–Crippen MR) is 67.9 cm³/mol. The summed E-state index contributed by atoms with van der Waals surface area (Å²) >= 11 is 1.74. The van der Waals surface area contributed by atoms with Crippen LogP contribution in [0.25, 0.3) is 0 Å². The molecule has 0 aliphatic rings. The van der Waals surface area contributed by atoms with Crippen LogP contribution in [0.2, 0.25) is 0 Å². The van der Waals surface area contributed by atoms with E-state index < -0.39 is 0 Å². The van der Waals surface area contributed by atoms with Gasteiger partial charge in [0.1, 0.15) is 10.8 Å². The molecule has 0 saturated carbocycles. The van der Waals surface area contributed by atoms with E-state index in [1.54, 1.807) is 17.4 Å². The van der Waals surface area contributed by atoms with E-state index in [1.807, 2.05) is 12.3 Å². The van der Waals surface area contributed by atoms with Crippen LogP contribution in [0.3, 0.4) is 0 Å². The molecule has 0 saturated heterocycles. The Morgan fingerprint density at radius 1 is 1.24 bits per heavy atom. The Hall–Kier alpha value is -1.46. The molecule has 2 rings (SSSR count). The number of nitrogens with one attached hydrogen (secondary N) is 1. The smallest absolute Gasteiger partial charge is 0.133 e. The molecule has 0 aliphatic carbocycles. The van der Waals surface area contributed by atoms with E-state index >= 15 is 0 Å². The van der Waals surface area contributed by atoms with Gasteiger partial charge in [0.25, 0.3) is 0 Å². The van der Waals surface area contributed by atoms with Crippen LogP contribution in [-0.2, 0) is 19.5 Å². The normalized spacial score (nSPS) is 10.6. The van der Waals surface area contributed by atoms with E-state index in [0.717, 1.165) is 23.7 Å². The van der Waals surface area contributed by atoms with Crippen molar-refractivity contribution in [1.82, 2.24) is 15.3 Å². The predicted octanol–water partition coefficient (Wildman–Crippen LogP) is 2.10. The first-order chi connectivity index (χ1) is 8.28. The molecule has 2 N–H and O–H groups in total. The molecule has 90 valence electrons. The van der Waals surface area contributed by atoms with E-state index in [-0.39, 0.29) is 5.75 Å². The van der Waals surface area contributed by atoms with Gasteiger partial charge >= 0.3 is 0 Å². The Kier molecular flexibility index (Phi) is 4.06. The van der Waals surface area contributed by atoms with Crippen LogP contribution in [0.1, 0.15) is 22.5 Å². The van der Waals surface area contributed by atoms with Crippen molar-refractivity contribution in [3.8, 4) is 5.75 Å². The van der Waals surface area contributed by atoms with Gasteiger partial charge in [-0.1, -0.05) is 6.92 Å². The fourth-order valence-corrected chi connectivity index (χ4v) is 2.24. The standard InChI is InChI=1S/C12H15N3OS/c1-2-11-7-15-12(17-11)8-13-5-9-3-4-10(16)6-14-9/h3-4,6-7,13,16H,2,5,8H2,1H3. The molecule has 0 amide bonds. The van der Waals surface area contributed by atoms with Gasteiger partial charge in [-0.2, -0.15) is 0 Å². The first kappa shape index (κ1) is 12.0. The molecular weight excluding hydrogens is 234 g/mol. The molecule has 0 bridgehead atoms. The SMILES string of the molecule is CCc1cnc(CNCc2ccc(O)cn2)s1. The quantitative estimate of drug-likeness (QED) is 0.852. The minimum atomic E-state index is 0.196. The largest absolute Gasteiger partial charge is 0.506 e. The average Bonchev–Trinajstić information content (AvgIpc) is 2.80. The van der Waals surface area contributed by atoms with Crippen LogP contribution < -0.4 is 5.32 Å². The summed E-state index contributed by atoms with van der Waals surface area (Å²) in [7, 11) is 0. The van der Waals surface area contributed by atoms with Gasteiger partial charge in [0.05, 0.1) is 11.9 Å². The number of hydrogen-bond donors (Lipinski definition) is 2. The van der Waals surface area contributed by atoms with Crippen LogP contribution in [0.5, 0.6) is 5.75 Å². The van der Waals surface area contributed by atoms with Crippen molar-refractivity contribution in [1.29, 1.82) is 0 Å². The highest BCUT2D eigenvalue weighted by atomic mass is 32.1. The van der Waals surface area contributed by atoms with Gasteiger partial charge in [-0.15, -0.1) is 11.3 Å². The molecule has 0 unspecified atom stereocenters. The minimum Gasteiger partial charge on any atom is -0.506 e. The van der Waals surface area contributed by atoms with Crippen molar-refractivity contribution in [2.45, 2.75) is 26.4 Å². The maximum absolute atomic E-state index is 9.10. The number of pyridine rings is 1. The zero-order valence-electron chi connectivity index (χ0n) is 9.68. The Morgan fingerprint density at radius 3 is 2.76 bits per heavy atom. The Labute approximate surface area is 104 Å². The van der Waals surface area contributed by atoms with Gasteiger partial charge in [0.2, 0.25) is 0 Å². The zero-order valence-corrected chi connectivity index (χ0v) is 10.5. The number of aromatic nitrogens is 2. The Morgan fingerprint density at radius 2 is 2.12 bits per heavy atom. The van der Waals surface area contributed by atoms with Crippen LogP contribution in [0, 0.1) is 0 Å². The third-order valence-electron chi connectivity index (χ3n) is 2.34. The molecule has 0 spiro atoms. The van der Waals surface area contributed by atoms with Crippen molar-refractivity contribution in [2.75, 3.05) is 0 Å². The monoisotopic (exact) mass is 249 g/mol. The molecule has 0 aromatic carbocycles. The van der Waals surface area contributed by atoms with E-state index in [2.05, 4.69) is 22.2 Å². The van der Waals surface area contributed by atoms with Crippen LogP contribution >= 0.6 is 11.3 Å².